The molecule has 2 fully saturated rings. The summed E-state index contributed by atoms with van der Waals surface area (Å²) in [6, 6.07) is 24.8. The zero-order valence-electron chi connectivity index (χ0n) is 23.9. The molecule has 3 aromatic carbocycles. The van der Waals surface area contributed by atoms with E-state index >= 15 is 0 Å². The first-order valence-corrected chi connectivity index (χ1v) is 14.7. The van der Waals surface area contributed by atoms with Crippen LogP contribution < -0.4 is 16.4 Å². The van der Waals surface area contributed by atoms with Gasteiger partial charge in [0.1, 0.15) is 5.76 Å². The fraction of sp³-hybridized carbons (Fsp3) is 0.353. The normalized spacial score (nSPS) is 19.3. The number of amides is 1. The van der Waals surface area contributed by atoms with Gasteiger partial charge >= 0.3 is 0 Å². The predicted molar refractivity (Wildman–Crippen MR) is 164 cm³/mol. The van der Waals surface area contributed by atoms with Crippen LogP contribution in [0.25, 0.3) is 11.1 Å². The largest absolute Gasteiger partial charge is 0.397 e. The van der Waals surface area contributed by atoms with Crippen molar-refractivity contribution in [3.63, 3.8) is 0 Å². The van der Waals surface area contributed by atoms with E-state index in [0.29, 0.717) is 28.9 Å². The van der Waals surface area contributed by atoms with Crippen LogP contribution in [-0.2, 0) is 6.54 Å². The number of carbonyl (C=O) groups excluding carboxylic acids is 1. The van der Waals surface area contributed by atoms with E-state index in [4.69, 9.17) is 10.3 Å². The number of benzene rings is 3. The number of piperidine rings is 1. The molecule has 0 spiro atoms. The van der Waals surface area contributed by atoms with Crippen molar-refractivity contribution in [1.82, 2.24) is 15.4 Å². The van der Waals surface area contributed by atoms with Crippen LogP contribution in [0.3, 0.4) is 0 Å². The Balaban J connectivity index is 0.918. The minimum Gasteiger partial charge on any atom is -0.397 e. The van der Waals surface area contributed by atoms with Gasteiger partial charge in [0.05, 0.1) is 17.1 Å². The van der Waals surface area contributed by atoms with Gasteiger partial charge in [-0.15, -0.1) is 0 Å². The number of likely N-dealkylation sites (tertiary alicyclic amines) is 1. The Morgan fingerprint density at radius 1 is 1.00 bits per heavy atom. The lowest BCUT2D eigenvalue weighted by Gasteiger charge is -2.32. The van der Waals surface area contributed by atoms with Crippen molar-refractivity contribution in [3.05, 3.63) is 101 Å². The third kappa shape index (κ3) is 6.37. The van der Waals surface area contributed by atoms with Gasteiger partial charge in [0, 0.05) is 29.6 Å². The highest BCUT2D eigenvalue weighted by atomic mass is 16.5. The first-order chi connectivity index (χ1) is 19.9. The minimum atomic E-state index is -0.144. The number of aromatic nitrogens is 1. The summed E-state index contributed by atoms with van der Waals surface area (Å²) in [7, 11) is 0. The van der Waals surface area contributed by atoms with Gasteiger partial charge in [0.2, 0.25) is 0 Å². The molecule has 1 amide bonds. The molecule has 0 bridgehead atoms. The van der Waals surface area contributed by atoms with Gasteiger partial charge in [0.25, 0.3) is 5.91 Å². The van der Waals surface area contributed by atoms with E-state index in [0.717, 1.165) is 49.1 Å². The maximum Gasteiger partial charge on any atom is 0.255 e. The van der Waals surface area contributed by atoms with E-state index in [1.54, 1.807) is 6.07 Å². The van der Waals surface area contributed by atoms with Crippen molar-refractivity contribution < 1.29 is 9.32 Å². The molecular formula is C34H39N5O2. The quantitative estimate of drug-likeness (QED) is 0.217. The maximum absolute atomic E-state index is 12.6. The van der Waals surface area contributed by atoms with Crippen LogP contribution in [0.15, 0.2) is 77.3 Å². The Hall–Kier alpha value is -3.94. The van der Waals surface area contributed by atoms with Crippen molar-refractivity contribution in [2.24, 2.45) is 5.92 Å². The SMILES string of the molecule is Cc1noc(C)c1-c1ccc([C@@H]2C[C@H]2NCC2CCN(Cc3ccc(C(=O)Nc4ccccc4N)cc3)CC2)cc1. The zero-order valence-corrected chi connectivity index (χ0v) is 23.9. The summed E-state index contributed by atoms with van der Waals surface area (Å²) in [6.45, 7) is 8.20. The summed E-state index contributed by atoms with van der Waals surface area (Å²) in [4.78, 5) is 15.1. The van der Waals surface area contributed by atoms with Crippen LogP contribution in [0, 0.1) is 19.8 Å². The first kappa shape index (κ1) is 27.2. The molecule has 0 unspecified atom stereocenters. The van der Waals surface area contributed by atoms with E-state index in [-0.39, 0.29) is 5.91 Å². The molecule has 2 aliphatic rings. The standard InChI is InChI=1S/C34H39N5O2/c1-22-33(23(2)41-38-22)27-13-11-26(12-14-27)29-19-32(29)36-20-24-15-17-39(18-16-24)21-25-7-9-28(10-8-25)34(40)37-31-6-4-3-5-30(31)35/h3-14,24,29,32,36H,15-21,35H2,1-2H3,(H,37,40)/t29-,32+/m0/s1. The molecule has 1 aliphatic carbocycles. The highest BCUT2D eigenvalue weighted by Crippen LogP contribution is 2.42. The highest BCUT2D eigenvalue weighted by Gasteiger charge is 2.38. The minimum absolute atomic E-state index is 0.144. The number of para-hydroxylation sites is 2. The summed E-state index contributed by atoms with van der Waals surface area (Å²) in [6.07, 6.45) is 3.65. The number of aryl methyl sites for hydroxylation is 2. The molecule has 4 aromatic rings. The lowest BCUT2D eigenvalue weighted by molar-refractivity contribution is 0.102. The van der Waals surface area contributed by atoms with Crippen LogP contribution >= 0.6 is 0 Å². The van der Waals surface area contributed by atoms with Crippen molar-refractivity contribution in [2.45, 2.75) is 51.6 Å². The smallest absolute Gasteiger partial charge is 0.255 e. The van der Waals surface area contributed by atoms with Gasteiger partial charge in [-0.05, 0) is 99.6 Å². The first-order valence-electron chi connectivity index (χ1n) is 14.7. The second-order valence-electron chi connectivity index (χ2n) is 11.6. The van der Waals surface area contributed by atoms with Crippen molar-refractivity contribution >= 4 is 17.3 Å². The number of carbonyl (C=O) groups is 1. The Morgan fingerprint density at radius 2 is 1.73 bits per heavy atom. The predicted octanol–water partition coefficient (Wildman–Crippen LogP) is 6.15. The van der Waals surface area contributed by atoms with E-state index < -0.39 is 0 Å². The average Bonchev–Trinajstić information content (AvgIpc) is 3.69. The monoisotopic (exact) mass is 549 g/mol. The van der Waals surface area contributed by atoms with Crippen molar-refractivity contribution in [3.8, 4) is 11.1 Å². The second kappa shape index (κ2) is 11.9. The Morgan fingerprint density at radius 3 is 2.41 bits per heavy atom. The highest BCUT2D eigenvalue weighted by molar-refractivity contribution is 6.05. The van der Waals surface area contributed by atoms with Gasteiger partial charge in [-0.3, -0.25) is 9.69 Å². The number of anilines is 2. The fourth-order valence-corrected chi connectivity index (χ4v) is 6.07. The molecule has 6 rings (SSSR count). The van der Waals surface area contributed by atoms with Crippen molar-refractivity contribution in [2.75, 3.05) is 30.7 Å². The lowest BCUT2D eigenvalue weighted by atomic mass is 9.96. The van der Waals surface area contributed by atoms with Crippen LogP contribution in [0.1, 0.15) is 58.1 Å². The van der Waals surface area contributed by atoms with Gasteiger partial charge in [-0.25, -0.2) is 0 Å². The fourth-order valence-electron chi connectivity index (χ4n) is 6.07. The molecule has 7 heteroatoms. The van der Waals surface area contributed by atoms with Gasteiger partial charge < -0.3 is 20.9 Å². The number of nitrogens with zero attached hydrogens (tertiary/aromatic N) is 2. The zero-order chi connectivity index (χ0) is 28.3. The molecule has 7 nitrogen and oxygen atoms in total. The van der Waals surface area contributed by atoms with E-state index in [1.807, 2.05) is 44.2 Å². The molecule has 1 aliphatic heterocycles. The van der Waals surface area contributed by atoms with Gasteiger partial charge in [0.15, 0.2) is 0 Å². The summed E-state index contributed by atoms with van der Waals surface area (Å²) in [5.74, 6) is 2.07. The third-order valence-corrected chi connectivity index (χ3v) is 8.66. The Labute approximate surface area is 242 Å². The summed E-state index contributed by atoms with van der Waals surface area (Å²) in [5, 5.41) is 10.8. The third-order valence-electron chi connectivity index (χ3n) is 8.66. The molecule has 1 saturated heterocycles. The van der Waals surface area contributed by atoms with Crippen molar-refractivity contribution in [1.29, 1.82) is 0 Å². The van der Waals surface area contributed by atoms with Crippen LogP contribution in [0.2, 0.25) is 0 Å². The molecule has 2 heterocycles. The summed E-state index contributed by atoms with van der Waals surface area (Å²) in [5.41, 5.74) is 13.7. The molecule has 41 heavy (non-hydrogen) atoms. The van der Waals surface area contributed by atoms with Gasteiger partial charge in [-0.1, -0.05) is 53.7 Å². The Bertz CT molecular complexity index is 1470. The average molecular weight is 550 g/mol. The number of hydrogen-bond acceptors (Lipinski definition) is 6. The number of nitrogen functional groups attached to an aromatic ring is 1. The van der Waals surface area contributed by atoms with Crippen LogP contribution in [0.4, 0.5) is 11.4 Å². The summed E-state index contributed by atoms with van der Waals surface area (Å²) >= 11 is 0. The molecule has 1 saturated carbocycles. The molecule has 0 radical (unpaired) electrons. The second-order valence-corrected chi connectivity index (χ2v) is 11.6. The van der Waals surface area contributed by atoms with Gasteiger partial charge in [-0.2, -0.15) is 0 Å². The molecule has 212 valence electrons. The van der Waals surface area contributed by atoms with E-state index in [9.17, 15) is 4.79 Å². The number of nitrogens with two attached hydrogens (primary N) is 1. The number of hydrogen-bond donors (Lipinski definition) is 3. The lowest BCUT2D eigenvalue weighted by Crippen LogP contribution is -2.37. The molecule has 1 aromatic heterocycles. The maximum atomic E-state index is 12.6. The van der Waals surface area contributed by atoms with E-state index in [1.165, 1.54) is 36.0 Å². The molecule has 2 atom stereocenters. The summed E-state index contributed by atoms with van der Waals surface area (Å²) < 4.78 is 5.33. The van der Waals surface area contributed by atoms with Crippen LogP contribution in [-0.4, -0.2) is 41.6 Å². The van der Waals surface area contributed by atoms with E-state index in [2.05, 4.69) is 57.1 Å². The number of nitrogens with one attached hydrogen (secondary N) is 2. The number of rotatable bonds is 9. The topological polar surface area (TPSA) is 96.4 Å². The van der Waals surface area contributed by atoms with Crippen LogP contribution in [0.5, 0.6) is 0 Å². The molecular weight excluding hydrogens is 510 g/mol. The Kier molecular flexibility index (Phi) is 7.90. The molecule has 4 N–H and O–H groups in total.